The van der Waals surface area contributed by atoms with Gasteiger partial charge in [0.05, 0.1) is 6.20 Å². The van der Waals surface area contributed by atoms with E-state index in [1.165, 1.54) is 18.0 Å². The molecule has 0 aliphatic carbocycles. The minimum Gasteiger partial charge on any atom is -0.348 e. The Kier molecular flexibility index (Phi) is 4.63. The van der Waals surface area contributed by atoms with Crippen molar-refractivity contribution in [2.24, 2.45) is 0 Å². The zero-order valence-corrected chi connectivity index (χ0v) is 12.1. The highest BCUT2D eigenvalue weighted by atomic mass is 79.9. The molecule has 1 heterocycles. The number of hydrogen-bond acceptors (Lipinski definition) is 3. The fraction of sp³-hybridized carbons (Fsp3) is 0.214. The normalized spacial score (nSPS) is 11.9. The topological polar surface area (TPSA) is 54.9 Å². The molecule has 19 heavy (non-hydrogen) atoms. The largest absolute Gasteiger partial charge is 0.348 e. The molecule has 0 radical (unpaired) electrons. The highest BCUT2D eigenvalue weighted by Gasteiger charge is 2.11. The van der Waals surface area contributed by atoms with E-state index in [0.29, 0.717) is 5.69 Å². The van der Waals surface area contributed by atoms with Crippen molar-refractivity contribution < 1.29 is 4.79 Å². The third-order valence-electron chi connectivity index (χ3n) is 2.60. The number of nitrogens with one attached hydrogen (secondary N) is 1. The van der Waals surface area contributed by atoms with Gasteiger partial charge in [0.2, 0.25) is 0 Å². The monoisotopic (exact) mass is 319 g/mol. The van der Waals surface area contributed by atoms with Crippen molar-refractivity contribution in [2.75, 3.05) is 0 Å². The predicted octanol–water partition coefficient (Wildman–Crippen LogP) is 2.60. The smallest absolute Gasteiger partial charge is 0.271 e. The highest BCUT2D eigenvalue weighted by Crippen LogP contribution is 2.13. The van der Waals surface area contributed by atoms with Crippen molar-refractivity contribution in [3.05, 3.63) is 58.6 Å². The molecule has 0 spiro atoms. The van der Waals surface area contributed by atoms with Crippen LogP contribution in [0.1, 0.15) is 23.0 Å². The van der Waals surface area contributed by atoms with Gasteiger partial charge in [-0.1, -0.05) is 28.1 Å². The van der Waals surface area contributed by atoms with Crippen LogP contribution in [0.3, 0.4) is 0 Å². The van der Waals surface area contributed by atoms with Crippen molar-refractivity contribution in [3.63, 3.8) is 0 Å². The summed E-state index contributed by atoms with van der Waals surface area (Å²) < 4.78 is 1.04. The Balaban J connectivity index is 1.95. The third-order valence-corrected chi connectivity index (χ3v) is 3.10. The van der Waals surface area contributed by atoms with Gasteiger partial charge in [-0.05, 0) is 31.0 Å². The number of rotatable bonds is 4. The quantitative estimate of drug-likeness (QED) is 0.942. The zero-order chi connectivity index (χ0) is 13.7. The minimum absolute atomic E-state index is 0.0313. The first kappa shape index (κ1) is 13.7. The van der Waals surface area contributed by atoms with Crippen LogP contribution in [0.25, 0.3) is 0 Å². The SMILES string of the molecule is C[C@@H](Cc1cccc(Br)c1)NC(=O)c1cnccn1. The lowest BCUT2D eigenvalue weighted by molar-refractivity contribution is 0.0934. The standard InChI is InChI=1S/C14H14BrN3O/c1-10(7-11-3-2-4-12(15)8-11)18-14(19)13-9-16-5-6-17-13/h2-6,8-10H,7H2,1H3,(H,18,19)/t10-/m0/s1. The van der Waals surface area contributed by atoms with Crippen molar-refractivity contribution in [1.29, 1.82) is 0 Å². The Labute approximate surface area is 120 Å². The van der Waals surface area contributed by atoms with Crippen LogP contribution < -0.4 is 5.32 Å². The molecule has 1 amide bonds. The van der Waals surface area contributed by atoms with E-state index in [4.69, 9.17) is 0 Å². The molecule has 98 valence electrons. The number of carbonyl (C=O) groups is 1. The van der Waals surface area contributed by atoms with Crippen LogP contribution in [0.2, 0.25) is 0 Å². The molecule has 1 atom stereocenters. The second kappa shape index (κ2) is 6.43. The van der Waals surface area contributed by atoms with Crippen molar-refractivity contribution in [1.82, 2.24) is 15.3 Å². The average molecular weight is 320 g/mol. The van der Waals surface area contributed by atoms with Crippen LogP contribution in [-0.4, -0.2) is 21.9 Å². The molecule has 5 heteroatoms. The fourth-order valence-electron chi connectivity index (χ4n) is 1.78. The molecule has 0 saturated carbocycles. The van der Waals surface area contributed by atoms with Gasteiger partial charge < -0.3 is 5.32 Å². The molecule has 0 bridgehead atoms. The van der Waals surface area contributed by atoms with Gasteiger partial charge in [0, 0.05) is 22.9 Å². The van der Waals surface area contributed by atoms with E-state index in [2.05, 4.69) is 31.2 Å². The van der Waals surface area contributed by atoms with Crippen LogP contribution in [0.5, 0.6) is 0 Å². The lowest BCUT2D eigenvalue weighted by Gasteiger charge is -2.13. The summed E-state index contributed by atoms with van der Waals surface area (Å²) in [7, 11) is 0. The van der Waals surface area contributed by atoms with Crippen molar-refractivity contribution >= 4 is 21.8 Å². The number of hydrogen-bond donors (Lipinski definition) is 1. The van der Waals surface area contributed by atoms with Gasteiger partial charge in [-0.25, -0.2) is 4.98 Å². The molecule has 4 nitrogen and oxygen atoms in total. The van der Waals surface area contributed by atoms with Gasteiger partial charge in [-0.2, -0.15) is 0 Å². The van der Waals surface area contributed by atoms with E-state index in [-0.39, 0.29) is 11.9 Å². The van der Waals surface area contributed by atoms with Crippen LogP contribution in [0.15, 0.2) is 47.3 Å². The van der Waals surface area contributed by atoms with Crippen molar-refractivity contribution in [3.8, 4) is 0 Å². The van der Waals surface area contributed by atoms with E-state index in [0.717, 1.165) is 10.9 Å². The number of carbonyl (C=O) groups excluding carboxylic acids is 1. The lowest BCUT2D eigenvalue weighted by atomic mass is 10.1. The molecule has 0 fully saturated rings. The van der Waals surface area contributed by atoms with Crippen LogP contribution in [0, 0.1) is 0 Å². The molecule has 1 aromatic carbocycles. The Morgan fingerprint density at radius 1 is 1.42 bits per heavy atom. The summed E-state index contributed by atoms with van der Waals surface area (Å²) in [6.45, 7) is 1.97. The van der Waals surface area contributed by atoms with E-state index >= 15 is 0 Å². The minimum atomic E-state index is -0.199. The highest BCUT2D eigenvalue weighted by molar-refractivity contribution is 9.10. The van der Waals surface area contributed by atoms with Crippen LogP contribution in [-0.2, 0) is 6.42 Å². The summed E-state index contributed by atoms with van der Waals surface area (Å²) in [5.41, 5.74) is 1.50. The van der Waals surface area contributed by atoms with Crippen LogP contribution in [0.4, 0.5) is 0 Å². The molecular weight excluding hydrogens is 306 g/mol. The van der Waals surface area contributed by atoms with Crippen molar-refractivity contribution in [2.45, 2.75) is 19.4 Å². The maximum Gasteiger partial charge on any atom is 0.271 e. The average Bonchev–Trinajstić information content (AvgIpc) is 2.39. The Bertz CT molecular complexity index is 560. The van der Waals surface area contributed by atoms with E-state index in [9.17, 15) is 4.79 Å². The molecule has 0 aliphatic rings. The first-order chi connectivity index (χ1) is 9.15. The Morgan fingerprint density at radius 2 is 2.26 bits per heavy atom. The van der Waals surface area contributed by atoms with Gasteiger partial charge in [-0.3, -0.25) is 9.78 Å². The second-order valence-electron chi connectivity index (χ2n) is 4.30. The summed E-state index contributed by atoms with van der Waals surface area (Å²) in [5.74, 6) is -0.199. The number of halogens is 1. The number of benzene rings is 1. The summed E-state index contributed by atoms with van der Waals surface area (Å²) in [6, 6.07) is 8.08. The summed E-state index contributed by atoms with van der Waals surface area (Å²) in [6.07, 6.45) is 5.28. The molecular formula is C14H14BrN3O. The molecule has 1 aromatic heterocycles. The van der Waals surface area contributed by atoms with E-state index < -0.39 is 0 Å². The van der Waals surface area contributed by atoms with Gasteiger partial charge in [0.1, 0.15) is 5.69 Å². The third kappa shape index (κ3) is 4.13. The number of nitrogens with zero attached hydrogens (tertiary/aromatic N) is 2. The molecule has 0 unspecified atom stereocenters. The lowest BCUT2D eigenvalue weighted by Crippen LogP contribution is -2.34. The molecule has 1 N–H and O–H groups in total. The predicted molar refractivity (Wildman–Crippen MR) is 76.8 cm³/mol. The molecule has 0 saturated heterocycles. The molecule has 2 rings (SSSR count). The fourth-order valence-corrected chi connectivity index (χ4v) is 2.23. The number of aromatic nitrogens is 2. The van der Waals surface area contributed by atoms with Gasteiger partial charge in [-0.15, -0.1) is 0 Å². The first-order valence-corrected chi connectivity index (χ1v) is 6.76. The molecule has 0 aliphatic heterocycles. The van der Waals surface area contributed by atoms with Crippen LogP contribution >= 0.6 is 15.9 Å². The zero-order valence-electron chi connectivity index (χ0n) is 10.5. The van der Waals surface area contributed by atoms with Gasteiger partial charge >= 0.3 is 0 Å². The maximum atomic E-state index is 11.9. The summed E-state index contributed by atoms with van der Waals surface area (Å²) >= 11 is 3.43. The van der Waals surface area contributed by atoms with E-state index in [1.807, 2.05) is 31.2 Å². The molecule has 2 aromatic rings. The second-order valence-corrected chi connectivity index (χ2v) is 5.21. The first-order valence-electron chi connectivity index (χ1n) is 5.96. The van der Waals surface area contributed by atoms with Gasteiger partial charge in [0.15, 0.2) is 0 Å². The van der Waals surface area contributed by atoms with E-state index in [1.54, 1.807) is 6.20 Å². The Morgan fingerprint density at radius 3 is 2.95 bits per heavy atom. The summed E-state index contributed by atoms with van der Waals surface area (Å²) in [4.78, 5) is 19.7. The maximum absolute atomic E-state index is 11.9. The number of amides is 1. The Hall–Kier alpha value is -1.75. The summed E-state index contributed by atoms with van der Waals surface area (Å²) in [5, 5.41) is 2.91. The van der Waals surface area contributed by atoms with Gasteiger partial charge in [0.25, 0.3) is 5.91 Å².